The SMILES string of the molecule is O=C(O)C(C1CCCCC1)N1CC(CN2CCC(c3csc(-c4ccccc4)n3)CC2)C(c2ccccc2)C1. The fourth-order valence-electron chi connectivity index (χ4n) is 7.43. The summed E-state index contributed by atoms with van der Waals surface area (Å²) in [6.45, 7) is 4.98. The molecule has 1 N–H and O–H groups in total. The average molecular weight is 544 g/mol. The zero-order chi connectivity index (χ0) is 26.6. The number of hydrogen-bond donors (Lipinski definition) is 1. The number of aromatic nitrogens is 1. The quantitative estimate of drug-likeness (QED) is 0.341. The van der Waals surface area contributed by atoms with E-state index in [0.29, 0.717) is 23.7 Å². The predicted octanol–water partition coefficient (Wildman–Crippen LogP) is 6.74. The number of nitrogens with zero attached hydrogens (tertiary/aromatic N) is 3. The van der Waals surface area contributed by atoms with Gasteiger partial charge in [-0.15, -0.1) is 11.3 Å². The van der Waals surface area contributed by atoms with E-state index in [1.165, 1.54) is 36.1 Å². The van der Waals surface area contributed by atoms with Crippen LogP contribution in [0.1, 0.15) is 68.0 Å². The third-order valence-electron chi connectivity index (χ3n) is 9.48. The van der Waals surface area contributed by atoms with Gasteiger partial charge in [-0.3, -0.25) is 9.69 Å². The highest BCUT2D eigenvalue weighted by atomic mass is 32.1. The molecule has 1 saturated carbocycles. The molecule has 2 aliphatic heterocycles. The Bertz CT molecular complexity index is 1200. The Morgan fingerprint density at radius 1 is 0.923 bits per heavy atom. The van der Waals surface area contributed by atoms with E-state index in [1.54, 1.807) is 11.3 Å². The summed E-state index contributed by atoms with van der Waals surface area (Å²) in [4.78, 5) is 22.5. The van der Waals surface area contributed by atoms with Gasteiger partial charge in [-0.25, -0.2) is 4.98 Å². The number of carboxylic acid groups (broad SMARTS) is 1. The minimum atomic E-state index is -0.617. The van der Waals surface area contributed by atoms with Crippen molar-refractivity contribution in [3.63, 3.8) is 0 Å². The van der Waals surface area contributed by atoms with E-state index in [1.807, 2.05) is 0 Å². The fourth-order valence-corrected chi connectivity index (χ4v) is 8.34. The number of rotatable bonds is 8. The van der Waals surface area contributed by atoms with Crippen LogP contribution in [0.3, 0.4) is 0 Å². The van der Waals surface area contributed by atoms with Crippen LogP contribution in [0.4, 0.5) is 0 Å². The standard InChI is InChI=1S/C33H41N3O2S/c37-33(38)31(26-12-6-2-7-13-26)36-21-28(29(22-36)24-10-4-1-5-11-24)20-35-18-16-25(17-19-35)30-23-39-32(34-30)27-14-8-3-9-15-27/h1,3-5,8-11,14-15,23,25-26,28-29,31H,2,6-7,12-13,16-22H2,(H,37,38). The second-order valence-electron chi connectivity index (χ2n) is 11.9. The summed E-state index contributed by atoms with van der Waals surface area (Å²) in [6, 6.07) is 21.0. The minimum absolute atomic E-state index is 0.293. The molecule has 1 aliphatic carbocycles. The molecule has 6 rings (SSSR count). The number of benzene rings is 2. The maximum Gasteiger partial charge on any atom is 0.321 e. The molecule has 3 aliphatic rings. The van der Waals surface area contributed by atoms with Crippen LogP contribution in [-0.2, 0) is 4.79 Å². The van der Waals surface area contributed by atoms with Crippen molar-refractivity contribution in [3.05, 3.63) is 77.3 Å². The van der Waals surface area contributed by atoms with Crippen molar-refractivity contribution in [3.8, 4) is 10.6 Å². The van der Waals surface area contributed by atoms with Crippen molar-refractivity contribution in [1.82, 2.24) is 14.8 Å². The molecule has 0 bridgehead atoms. The lowest BCUT2D eigenvalue weighted by atomic mass is 9.83. The molecule has 0 spiro atoms. The summed E-state index contributed by atoms with van der Waals surface area (Å²) in [7, 11) is 0. The maximum atomic E-state index is 12.5. The van der Waals surface area contributed by atoms with E-state index in [0.717, 1.165) is 63.4 Å². The highest BCUT2D eigenvalue weighted by Gasteiger charge is 2.43. The molecule has 3 aromatic rings. The Morgan fingerprint density at radius 2 is 1.62 bits per heavy atom. The van der Waals surface area contributed by atoms with Crippen molar-refractivity contribution in [2.45, 2.75) is 62.8 Å². The first-order valence-corrected chi connectivity index (χ1v) is 15.8. The van der Waals surface area contributed by atoms with Crippen molar-refractivity contribution >= 4 is 17.3 Å². The van der Waals surface area contributed by atoms with Gasteiger partial charge >= 0.3 is 5.97 Å². The summed E-state index contributed by atoms with van der Waals surface area (Å²) in [5.74, 6) is 1.05. The third-order valence-corrected chi connectivity index (χ3v) is 10.4. The van der Waals surface area contributed by atoms with Crippen LogP contribution in [0.15, 0.2) is 66.0 Å². The van der Waals surface area contributed by atoms with Gasteiger partial charge in [0.1, 0.15) is 11.0 Å². The Balaban J connectivity index is 1.12. The van der Waals surface area contributed by atoms with E-state index >= 15 is 0 Å². The predicted molar refractivity (Wildman–Crippen MR) is 158 cm³/mol. The van der Waals surface area contributed by atoms with Crippen LogP contribution in [0.25, 0.3) is 10.6 Å². The first-order chi connectivity index (χ1) is 19.2. The molecule has 3 fully saturated rings. The van der Waals surface area contributed by atoms with Gasteiger partial charge in [-0.2, -0.15) is 0 Å². The van der Waals surface area contributed by atoms with E-state index in [-0.39, 0.29) is 6.04 Å². The molecule has 6 heteroatoms. The van der Waals surface area contributed by atoms with E-state index in [4.69, 9.17) is 4.98 Å². The van der Waals surface area contributed by atoms with E-state index in [9.17, 15) is 9.90 Å². The molecule has 0 amide bonds. The summed E-state index contributed by atoms with van der Waals surface area (Å²) in [5.41, 5.74) is 3.82. The molecular weight excluding hydrogens is 502 g/mol. The third kappa shape index (κ3) is 6.13. The number of thiazole rings is 1. The summed E-state index contributed by atoms with van der Waals surface area (Å²) >= 11 is 1.76. The van der Waals surface area contributed by atoms with Crippen molar-refractivity contribution < 1.29 is 9.90 Å². The van der Waals surface area contributed by atoms with Gasteiger partial charge < -0.3 is 10.0 Å². The number of carbonyl (C=O) groups is 1. The second-order valence-corrected chi connectivity index (χ2v) is 12.8. The van der Waals surface area contributed by atoms with Crippen LogP contribution in [0.2, 0.25) is 0 Å². The van der Waals surface area contributed by atoms with Gasteiger partial charge in [0.2, 0.25) is 0 Å². The number of hydrogen-bond acceptors (Lipinski definition) is 5. The highest BCUT2D eigenvalue weighted by Crippen LogP contribution is 2.39. The lowest BCUT2D eigenvalue weighted by Gasteiger charge is -2.35. The lowest BCUT2D eigenvalue weighted by Crippen LogP contribution is -2.46. The molecule has 0 radical (unpaired) electrons. The monoisotopic (exact) mass is 543 g/mol. The van der Waals surface area contributed by atoms with Crippen LogP contribution < -0.4 is 0 Å². The summed E-state index contributed by atoms with van der Waals surface area (Å²) in [6.07, 6.45) is 8.01. The lowest BCUT2D eigenvalue weighted by molar-refractivity contribution is -0.145. The van der Waals surface area contributed by atoms with Gasteiger partial charge in [0.25, 0.3) is 0 Å². The van der Waals surface area contributed by atoms with Crippen LogP contribution >= 0.6 is 11.3 Å². The largest absolute Gasteiger partial charge is 0.480 e. The summed E-state index contributed by atoms with van der Waals surface area (Å²) < 4.78 is 0. The molecule has 39 heavy (non-hydrogen) atoms. The molecule has 1 aromatic heterocycles. The molecule has 3 heterocycles. The van der Waals surface area contributed by atoms with Crippen molar-refractivity contribution in [2.24, 2.45) is 11.8 Å². The summed E-state index contributed by atoms with van der Waals surface area (Å²) in [5, 5.41) is 13.7. The van der Waals surface area contributed by atoms with E-state index in [2.05, 4.69) is 75.8 Å². The molecule has 3 unspecified atom stereocenters. The Labute approximate surface area is 236 Å². The Morgan fingerprint density at radius 3 is 2.31 bits per heavy atom. The van der Waals surface area contributed by atoms with Crippen LogP contribution in [0.5, 0.6) is 0 Å². The molecular formula is C33H41N3O2S. The topological polar surface area (TPSA) is 56.7 Å². The Kier molecular flexibility index (Phi) is 8.43. The Hall–Kier alpha value is -2.54. The van der Waals surface area contributed by atoms with Gasteiger partial charge in [-0.05, 0) is 56.2 Å². The zero-order valence-electron chi connectivity index (χ0n) is 22.8. The normalized spacial score (nSPS) is 24.6. The van der Waals surface area contributed by atoms with Crippen molar-refractivity contribution in [1.29, 1.82) is 0 Å². The van der Waals surface area contributed by atoms with Crippen LogP contribution in [0, 0.1) is 11.8 Å². The highest BCUT2D eigenvalue weighted by molar-refractivity contribution is 7.13. The maximum absolute atomic E-state index is 12.5. The molecule has 3 atom stereocenters. The number of piperidine rings is 1. The first-order valence-electron chi connectivity index (χ1n) is 14.9. The molecule has 5 nitrogen and oxygen atoms in total. The smallest absolute Gasteiger partial charge is 0.321 e. The van der Waals surface area contributed by atoms with E-state index < -0.39 is 5.97 Å². The zero-order valence-corrected chi connectivity index (χ0v) is 23.6. The van der Waals surface area contributed by atoms with Crippen molar-refractivity contribution in [2.75, 3.05) is 32.7 Å². The molecule has 206 valence electrons. The van der Waals surface area contributed by atoms with Gasteiger partial charge in [-0.1, -0.05) is 79.9 Å². The second kappa shape index (κ2) is 12.3. The average Bonchev–Trinajstić information content (AvgIpc) is 3.63. The number of carboxylic acids is 1. The molecule has 2 saturated heterocycles. The fraction of sp³-hybridized carbons (Fsp3) is 0.515. The van der Waals surface area contributed by atoms with Crippen LogP contribution in [-0.4, -0.2) is 64.6 Å². The minimum Gasteiger partial charge on any atom is -0.480 e. The van der Waals surface area contributed by atoms with Gasteiger partial charge in [0.05, 0.1) is 5.69 Å². The first kappa shape index (κ1) is 26.7. The van der Waals surface area contributed by atoms with Gasteiger partial charge in [0, 0.05) is 42.4 Å². The number of likely N-dealkylation sites (tertiary alicyclic amines) is 2. The number of aliphatic carboxylic acids is 1. The van der Waals surface area contributed by atoms with Gasteiger partial charge in [0.15, 0.2) is 0 Å². The molecule has 2 aromatic carbocycles.